The molecule has 0 unspecified atom stereocenters. The Bertz CT molecular complexity index is 767. The number of hydrogen-bond acceptors (Lipinski definition) is 6. The van der Waals surface area contributed by atoms with E-state index in [2.05, 4.69) is 49.4 Å². The third kappa shape index (κ3) is 6.04. The van der Waals surface area contributed by atoms with Crippen molar-refractivity contribution in [1.82, 2.24) is 15.5 Å². The van der Waals surface area contributed by atoms with Crippen molar-refractivity contribution in [3.8, 4) is 0 Å². The molecule has 7 heteroatoms. The number of carbonyl (C=O) groups excluding carboxylic acids is 1. The van der Waals surface area contributed by atoms with E-state index in [1.54, 1.807) is 11.3 Å². The largest absolute Gasteiger partial charge is 0.379 e. The van der Waals surface area contributed by atoms with Gasteiger partial charge in [-0.15, -0.1) is 0 Å². The Hall–Kier alpha value is -1.93. The molecule has 0 saturated carbocycles. The van der Waals surface area contributed by atoms with Crippen LogP contribution in [0.4, 0.5) is 5.69 Å². The summed E-state index contributed by atoms with van der Waals surface area (Å²) in [6, 6.07) is 10.8. The van der Waals surface area contributed by atoms with Crippen LogP contribution in [0.1, 0.15) is 28.8 Å². The molecule has 4 rings (SSSR count). The van der Waals surface area contributed by atoms with Crippen LogP contribution < -0.4 is 15.5 Å². The van der Waals surface area contributed by atoms with E-state index in [-0.39, 0.29) is 5.91 Å². The highest BCUT2D eigenvalue weighted by atomic mass is 32.1. The molecule has 2 fully saturated rings. The molecule has 30 heavy (non-hydrogen) atoms. The van der Waals surface area contributed by atoms with Crippen molar-refractivity contribution < 1.29 is 9.53 Å². The van der Waals surface area contributed by atoms with E-state index in [4.69, 9.17) is 4.74 Å². The lowest BCUT2D eigenvalue weighted by Crippen LogP contribution is -2.42. The zero-order valence-corrected chi connectivity index (χ0v) is 18.3. The number of anilines is 1. The number of nitrogens with one attached hydrogen (secondary N) is 2. The van der Waals surface area contributed by atoms with Gasteiger partial charge >= 0.3 is 0 Å². The lowest BCUT2D eigenvalue weighted by molar-refractivity contribution is 0.0383. The average Bonchev–Trinajstić information content (AvgIpc) is 3.33. The fourth-order valence-corrected chi connectivity index (χ4v) is 4.74. The summed E-state index contributed by atoms with van der Waals surface area (Å²) in [5, 5.41) is 11.1. The molecule has 2 N–H and O–H groups in total. The quantitative estimate of drug-likeness (QED) is 0.677. The number of ether oxygens (including phenoxy) is 1. The van der Waals surface area contributed by atoms with Gasteiger partial charge in [-0.25, -0.2) is 0 Å². The second-order valence-electron chi connectivity index (χ2n) is 8.03. The van der Waals surface area contributed by atoms with E-state index in [1.165, 1.54) is 11.3 Å². The Labute approximate surface area is 183 Å². The number of benzene rings is 1. The van der Waals surface area contributed by atoms with E-state index in [9.17, 15) is 4.79 Å². The Kier molecular flexibility index (Phi) is 7.75. The zero-order chi connectivity index (χ0) is 20.6. The van der Waals surface area contributed by atoms with E-state index in [1.807, 2.05) is 12.1 Å². The lowest BCUT2D eigenvalue weighted by Gasteiger charge is -2.34. The number of nitrogens with zero attached hydrogens (tertiary/aromatic N) is 2. The van der Waals surface area contributed by atoms with Crippen LogP contribution in [0.5, 0.6) is 0 Å². The number of rotatable bonds is 8. The summed E-state index contributed by atoms with van der Waals surface area (Å²) >= 11 is 1.75. The molecular weight excluding hydrogens is 396 g/mol. The molecule has 0 bridgehead atoms. The molecule has 0 atom stereocenters. The predicted octanol–water partition coefficient (Wildman–Crippen LogP) is 2.57. The number of carbonyl (C=O) groups is 1. The van der Waals surface area contributed by atoms with Crippen molar-refractivity contribution >= 4 is 22.9 Å². The summed E-state index contributed by atoms with van der Waals surface area (Å²) in [7, 11) is 0. The minimum atomic E-state index is 0.00569. The van der Waals surface area contributed by atoms with Crippen molar-refractivity contribution in [2.24, 2.45) is 0 Å². The molecule has 2 saturated heterocycles. The maximum absolute atomic E-state index is 12.4. The molecule has 0 spiro atoms. The summed E-state index contributed by atoms with van der Waals surface area (Å²) in [6.07, 6.45) is 2.29. The summed E-state index contributed by atoms with van der Waals surface area (Å²) in [5.74, 6) is 0.00569. The van der Waals surface area contributed by atoms with Gasteiger partial charge < -0.3 is 20.3 Å². The minimum Gasteiger partial charge on any atom is -0.379 e. The van der Waals surface area contributed by atoms with Gasteiger partial charge in [0, 0.05) is 63.1 Å². The first-order valence-corrected chi connectivity index (χ1v) is 11.9. The molecule has 1 aromatic carbocycles. The molecule has 0 radical (unpaired) electrons. The number of morpholine rings is 1. The van der Waals surface area contributed by atoms with Crippen molar-refractivity contribution in [1.29, 1.82) is 0 Å². The smallest absolute Gasteiger partial charge is 0.251 e. The first-order chi connectivity index (χ1) is 14.8. The van der Waals surface area contributed by atoms with E-state index in [0.717, 1.165) is 70.9 Å². The molecule has 1 amide bonds. The summed E-state index contributed by atoms with van der Waals surface area (Å²) < 4.78 is 5.35. The maximum Gasteiger partial charge on any atom is 0.251 e. The van der Waals surface area contributed by atoms with Gasteiger partial charge in [-0.2, -0.15) is 11.3 Å². The minimum absolute atomic E-state index is 0.00569. The third-order valence-corrected chi connectivity index (χ3v) is 6.71. The third-order valence-electron chi connectivity index (χ3n) is 5.98. The summed E-state index contributed by atoms with van der Waals surface area (Å²) in [4.78, 5) is 17.2. The molecule has 3 heterocycles. The van der Waals surface area contributed by atoms with Gasteiger partial charge in [-0.05, 0) is 59.5 Å². The van der Waals surface area contributed by atoms with Gasteiger partial charge in [0.2, 0.25) is 0 Å². The standard InChI is InChI=1S/C23H32N4O2S/c28-23(24-8-11-26-12-14-29-15-13-26)20-1-3-22(4-2-20)27-9-5-21(6-10-27)25-17-19-7-16-30-18-19/h1-4,7,16,18,21,25H,5-6,8-15,17H2,(H,24,28). The Balaban J connectivity index is 1.18. The number of amides is 1. The van der Waals surface area contributed by atoms with Crippen LogP contribution in [0.15, 0.2) is 41.1 Å². The summed E-state index contributed by atoms with van der Waals surface area (Å²) in [5.41, 5.74) is 3.31. The van der Waals surface area contributed by atoms with Crippen LogP contribution in [0.25, 0.3) is 0 Å². The monoisotopic (exact) mass is 428 g/mol. The van der Waals surface area contributed by atoms with Gasteiger partial charge in [0.15, 0.2) is 0 Å². The number of hydrogen-bond donors (Lipinski definition) is 2. The first-order valence-electron chi connectivity index (χ1n) is 11.0. The van der Waals surface area contributed by atoms with Gasteiger partial charge in [0.25, 0.3) is 5.91 Å². The van der Waals surface area contributed by atoms with Crippen LogP contribution in [0.3, 0.4) is 0 Å². The van der Waals surface area contributed by atoms with E-state index >= 15 is 0 Å². The van der Waals surface area contributed by atoms with Crippen LogP contribution in [0.2, 0.25) is 0 Å². The van der Waals surface area contributed by atoms with E-state index < -0.39 is 0 Å². The van der Waals surface area contributed by atoms with Crippen molar-refractivity contribution in [3.63, 3.8) is 0 Å². The van der Waals surface area contributed by atoms with Gasteiger partial charge in [0.1, 0.15) is 0 Å². The van der Waals surface area contributed by atoms with E-state index in [0.29, 0.717) is 12.6 Å². The van der Waals surface area contributed by atoms with Gasteiger partial charge in [-0.3, -0.25) is 9.69 Å². The van der Waals surface area contributed by atoms with Gasteiger partial charge in [-0.1, -0.05) is 0 Å². The molecule has 0 aliphatic carbocycles. The highest BCUT2D eigenvalue weighted by molar-refractivity contribution is 7.07. The Morgan fingerprint density at radius 3 is 2.53 bits per heavy atom. The molecule has 162 valence electrons. The van der Waals surface area contributed by atoms with Crippen molar-refractivity contribution in [2.75, 3.05) is 57.4 Å². The predicted molar refractivity (Wildman–Crippen MR) is 122 cm³/mol. The Morgan fingerprint density at radius 1 is 1.07 bits per heavy atom. The van der Waals surface area contributed by atoms with Crippen molar-refractivity contribution in [3.05, 3.63) is 52.2 Å². The molecular formula is C23H32N4O2S. The lowest BCUT2D eigenvalue weighted by atomic mass is 10.0. The van der Waals surface area contributed by atoms with Gasteiger partial charge in [0.05, 0.1) is 13.2 Å². The Morgan fingerprint density at radius 2 is 1.83 bits per heavy atom. The number of piperidine rings is 1. The van der Waals surface area contributed by atoms with Crippen LogP contribution >= 0.6 is 11.3 Å². The SMILES string of the molecule is O=C(NCCN1CCOCC1)c1ccc(N2CCC(NCc3ccsc3)CC2)cc1. The second kappa shape index (κ2) is 10.9. The highest BCUT2D eigenvalue weighted by Gasteiger charge is 2.19. The normalized spacial score (nSPS) is 18.5. The average molecular weight is 429 g/mol. The molecule has 2 aromatic rings. The molecule has 2 aliphatic heterocycles. The molecule has 1 aromatic heterocycles. The maximum atomic E-state index is 12.4. The zero-order valence-electron chi connectivity index (χ0n) is 17.5. The molecule has 2 aliphatic rings. The highest BCUT2D eigenvalue weighted by Crippen LogP contribution is 2.21. The fourth-order valence-electron chi connectivity index (χ4n) is 4.08. The van der Waals surface area contributed by atoms with Crippen LogP contribution in [0, 0.1) is 0 Å². The fraction of sp³-hybridized carbons (Fsp3) is 0.522. The topological polar surface area (TPSA) is 56.8 Å². The van der Waals surface area contributed by atoms with Crippen LogP contribution in [-0.4, -0.2) is 69.3 Å². The first kappa shape index (κ1) is 21.3. The second-order valence-corrected chi connectivity index (χ2v) is 8.81. The summed E-state index contributed by atoms with van der Waals surface area (Å²) in [6.45, 7) is 8.08. The van der Waals surface area contributed by atoms with Crippen LogP contribution in [-0.2, 0) is 11.3 Å². The molecule has 6 nitrogen and oxygen atoms in total. The van der Waals surface area contributed by atoms with Crippen molar-refractivity contribution in [2.45, 2.75) is 25.4 Å². The number of thiophene rings is 1.